The fourth-order valence-corrected chi connectivity index (χ4v) is 2.45. The van der Waals surface area contributed by atoms with E-state index in [2.05, 4.69) is 12.2 Å². The van der Waals surface area contributed by atoms with Crippen LogP contribution in [0.4, 0.5) is 0 Å². The summed E-state index contributed by atoms with van der Waals surface area (Å²) < 4.78 is 28.3. The second-order valence-corrected chi connectivity index (χ2v) is 7.76. The zero-order chi connectivity index (χ0) is 13.8. The Bertz CT molecular complexity index is 449. The van der Waals surface area contributed by atoms with E-state index in [1.54, 1.807) is 20.1 Å². The van der Waals surface area contributed by atoms with Gasteiger partial charge in [-0.05, 0) is 38.9 Å². The summed E-state index contributed by atoms with van der Waals surface area (Å²) in [6.07, 6.45) is 4.44. The second kappa shape index (κ2) is 5.89. The van der Waals surface area contributed by atoms with Gasteiger partial charge in [-0.15, -0.1) is 0 Å². The van der Waals surface area contributed by atoms with Crippen LogP contribution < -0.4 is 5.32 Å². The highest BCUT2D eigenvalue weighted by atomic mass is 32.2. The number of sulfone groups is 1. The van der Waals surface area contributed by atoms with Crippen LogP contribution in [0.2, 0.25) is 0 Å². The van der Waals surface area contributed by atoms with Gasteiger partial charge in [0.2, 0.25) is 0 Å². The lowest BCUT2D eigenvalue weighted by molar-refractivity contribution is 0.377. The molecular weight excluding hydrogens is 250 g/mol. The van der Waals surface area contributed by atoms with Gasteiger partial charge in [-0.25, -0.2) is 8.42 Å². The standard InChI is InChI=1S/C13H23NO3S/c1-5-8-14-12(10-11-7-6-9-17-11)13(2,3)18(4,15)16/h6-7,9,12,14H,5,8,10H2,1-4H3. The molecule has 1 unspecified atom stereocenters. The Labute approximate surface area is 110 Å². The van der Waals surface area contributed by atoms with Gasteiger partial charge in [0.1, 0.15) is 5.76 Å². The first kappa shape index (κ1) is 15.2. The highest BCUT2D eigenvalue weighted by Gasteiger charge is 2.39. The quantitative estimate of drug-likeness (QED) is 0.825. The average molecular weight is 273 g/mol. The first-order chi connectivity index (χ1) is 8.29. The van der Waals surface area contributed by atoms with E-state index in [9.17, 15) is 8.42 Å². The Morgan fingerprint density at radius 3 is 2.56 bits per heavy atom. The third kappa shape index (κ3) is 3.59. The topological polar surface area (TPSA) is 59.3 Å². The number of hydrogen-bond acceptors (Lipinski definition) is 4. The van der Waals surface area contributed by atoms with E-state index in [1.807, 2.05) is 12.1 Å². The highest BCUT2D eigenvalue weighted by Crippen LogP contribution is 2.23. The SMILES string of the molecule is CCCNC(Cc1ccco1)C(C)(C)S(C)(=O)=O. The fourth-order valence-electron chi connectivity index (χ4n) is 1.77. The number of furan rings is 1. The molecule has 0 saturated carbocycles. The van der Waals surface area contributed by atoms with E-state index in [0.29, 0.717) is 6.42 Å². The molecule has 1 atom stereocenters. The Balaban J connectivity index is 2.90. The molecule has 1 N–H and O–H groups in total. The van der Waals surface area contributed by atoms with Crippen molar-refractivity contribution >= 4 is 9.84 Å². The molecule has 0 fully saturated rings. The fraction of sp³-hybridized carbons (Fsp3) is 0.692. The van der Waals surface area contributed by atoms with Crippen molar-refractivity contribution in [2.45, 2.75) is 44.4 Å². The van der Waals surface area contributed by atoms with E-state index < -0.39 is 14.6 Å². The first-order valence-corrected chi connectivity index (χ1v) is 8.13. The molecule has 0 spiro atoms. The van der Waals surface area contributed by atoms with Gasteiger partial charge in [-0.1, -0.05) is 6.92 Å². The molecule has 1 aromatic heterocycles. The van der Waals surface area contributed by atoms with Crippen LogP contribution >= 0.6 is 0 Å². The summed E-state index contributed by atoms with van der Waals surface area (Å²) in [5.74, 6) is 0.806. The Morgan fingerprint density at radius 1 is 1.44 bits per heavy atom. The molecule has 0 amide bonds. The van der Waals surface area contributed by atoms with Crippen LogP contribution in [-0.2, 0) is 16.3 Å². The summed E-state index contributed by atoms with van der Waals surface area (Å²) >= 11 is 0. The van der Waals surface area contributed by atoms with Crippen molar-refractivity contribution in [1.82, 2.24) is 5.32 Å². The van der Waals surface area contributed by atoms with Crippen LogP contribution in [0.5, 0.6) is 0 Å². The third-order valence-electron chi connectivity index (χ3n) is 3.42. The summed E-state index contributed by atoms with van der Waals surface area (Å²) in [5, 5.41) is 3.32. The van der Waals surface area contributed by atoms with E-state index >= 15 is 0 Å². The molecule has 1 heterocycles. The molecule has 18 heavy (non-hydrogen) atoms. The minimum atomic E-state index is -3.14. The summed E-state index contributed by atoms with van der Waals surface area (Å²) in [6, 6.07) is 3.54. The number of rotatable bonds is 7. The largest absolute Gasteiger partial charge is 0.469 e. The zero-order valence-corrected chi connectivity index (χ0v) is 12.4. The van der Waals surface area contributed by atoms with Gasteiger partial charge in [0.05, 0.1) is 11.0 Å². The van der Waals surface area contributed by atoms with Crippen LogP contribution in [0.25, 0.3) is 0 Å². The van der Waals surface area contributed by atoms with Gasteiger partial charge in [0.25, 0.3) is 0 Å². The molecule has 0 aliphatic rings. The monoisotopic (exact) mass is 273 g/mol. The van der Waals surface area contributed by atoms with Gasteiger partial charge < -0.3 is 9.73 Å². The van der Waals surface area contributed by atoms with Crippen molar-refractivity contribution in [2.75, 3.05) is 12.8 Å². The van der Waals surface area contributed by atoms with Crippen LogP contribution in [0, 0.1) is 0 Å². The number of hydrogen-bond donors (Lipinski definition) is 1. The van der Waals surface area contributed by atoms with Crippen LogP contribution in [0.3, 0.4) is 0 Å². The van der Waals surface area contributed by atoms with Crippen molar-refractivity contribution in [3.63, 3.8) is 0 Å². The predicted molar refractivity (Wildman–Crippen MR) is 73.4 cm³/mol. The normalized spacial score (nSPS) is 14.7. The lowest BCUT2D eigenvalue weighted by Gasteiger charge is -2.33. The van der Waals surface area contributed by atoms with E-state index in [4.69, 9.17) is 4.42 Å². The molecule has 104 valence electrons. The molecular formula is C13H23NO3S. The molecule has 1 rings (SSSR count). The van der Waals surface area contributed by atoms with Crippen molar-refractivity contribution in [1.29, 1.82) is 0 Å². The highest BCUT2D eigenvalue weighted by molar-refractivity contribution is 7.92. The minimum absolute atomic E-state index is 0.154. The molecule has 0 saturated heterocycles. The van der Waals surface area contributed by atoms with E-state index in [0.717, 1.165) is 18.7 Å². The minimum Gasteiger partial charge on any atom is -0.469 e. The van der Waals surface area contributed by atoms with Gasteiger partial charge in [-0.2, -0.15) is 0 Å². The first-order valence-electron chi connectivity index (χ1n) is 6.24. The summed E-state index contributed by atoms with van der Waals surface area (Å²) in [4.78, 5) is 0. The Hall–Kier alpha value is -0.810. The summed E-state index contributed by atoms with van der Waals surface area (Å²) in [7, 11) is -3.14. The Morgan fingerprint density at radius 2 is 2.11 bits per heavy atom. The third-order valence-corrected chi connectivity index (χ3v) is 5.62. The second-order valence-electron chi connectivity index (χ2n) is 5.17. The molecule has 4 nitrogen and oxygen atoms in total. The molecule has 5 heteroatoms. The Kier molecular flexibility index (Phi) is 4.99. The average Bonchev–Trinajstić information content (AvgIpc) is 2.75. The van der Waals surface area contributed by atoms with Crippen molar-refractivity contribution in [3.05, 3.63) is 24.2 Å². The van der Waals surface area contributed by atoms with Crippen LogP contribution in [0.1, 0.15) is 33.0 Å². The molecule has 0 bridgehead atoms. The maximum atomic E-state index is 11.9. The predicted octanol–water partition coefficient (Wildman–Crippen LogP) is 2.01. The van der Waals surface area contributed by atoms with Crippen LogP contribution in [-0.4, -0.2) is 32.0 Å². The molecule has 0 radical (unpaired) electrons. The van der Waals surface area contributed by atoms with E-state index in [-0.39, 0.29) is 6.04 Å². The number of nitrogens with one attached hydrogen (secondary N) is 1. The maximum absolute atomic E-state index is 11.9. The summed E-state index contributed by atoms with van der Waals surface area (Å²) in [5.41, 5.74) is 0. The van der Waals surface area contributed by atoms with Crippen molar-refractivity contribution in [3.8, 4) is 0 Å². The molecule has 1 aromatic rings. The van der Waals surface area contributed by atoms with Crippen molar-refractivity contribution in [2.24, 2.45) is 0 Å². The van der Waals surface area contributed by atoms with Crippen LogP contribution in [0.15, 0.2) is 22.8 Å². The van der Waals surface area contributed by atoms with Gasteiger partial charge in [0, 0.05) is 18.7 Å². The lowest BCUT2D eigenvalue weighted by atomic mass is 9.98. The van der Waals surface area contributed by atoms with E-state index in [1.165, 1.54) is 6.26 Å². The zero-order valence-electron chi connectivity index (χ0n) is 11.6. The lowest BCUT2D eigenvalue weighted by Crippen LogP contribution is -2.52. The summed E-state index contributed by atoms with van der Waals surface area (Å²) in [6.45, 7) is 6.38. The molecule has 0 aliphatic carbocycles. The smallest absolute Gasteiger partial charge is 0.154 e. The van der Waals surface area contributed by atoms with Crippen molar-refractivity contribution < 1.29 is 12.8 Å². The maximum Gasteiger partial charge on any atom is 0.154 e. The van der Waals surface area contributed by atoms with Gasteiger partial charge in [-0.3, -0.25) is 0 Å². The molecule has 0 aliphatic heterocycles. The molecule has 0 aromatic carbocycles. The van der Waals surface area contributed by atoms with Gasteiger partial charge >= 0.3 is 0 Å². The van der Waals surface area contributed by atoms with Gasteiger partial charge in [0.15, 0.2) is 9.84 Å².